The molecule has 0 saturated heterocycles. The summed E-state index contributed by atoms with van der Waals surface area (Å²) in [4.78, 5) is 0. The third-order valence-electron chi connectivity index (χ3n) is 2.81. The first-order chi connectivity index (χ1) is 4.66. The monoisotopic (exact) mass is 157 g/mol. The van der Waals surface area contributed by atoms with Crippen molar-refractivity contribution in [2.45, 2.75) is 51.7 Å². The number of aliphatic hydroxyl groups is 1. The lowest BCUT2D eigenvalue weighted by Gasteiger charge is -2.56. The summed E-state index contributed by atoms with van der Waals surface area (Å²) in [6, 6.07) is 0. The quantitative estimate of drug-likeness (QED) is 0.602. The van der Waals surface area contributed by atoms with Crippen molar-refractivity contribution in [3.05, 3.63) is 0 Å². The van der Waals surface area contributed by atoms with Gasteiger partial charge in [0.05, 0.1) is 5.60 Å². The first-order valence-electron chi connectivity index (χ1n) is 4.18. The molecular weight excluding hydrogens is 138 g/mol. The highest BCUT2D eigenvalue weighted by Crippen LogP contribution is 2.50. The van der Waals surface area contributed by atoms with Gasteiger partial charge >= 0.3 is 0 Å². The maximum absolute atomic E-state index is 9.70. The Balaban J connectivity index is 2.64. The molecule has 0 spiro atoms. The minimum atomic E-state index is -0.734. The molecule has 1 aliphatic rings. The number of hydrogen-bond acceptors (Lipinski definition) is 2. The van der Waals surface area contributed by atoms with E-state index in [0.717, 1.165) is 12.8 Å². The van der Waals surface area contributed by atoms with Crippen molar-refractivity contribution in [2.24, 2.45) is 11.1 Å². The molecule has 1 fully saturated rings. The van der Waals surface area contributed by atoms with Gasteiger partial charge in [-0.25, -0.2) is 0 Å². The van der Waals surface area contributed by atoms with Crippen LogP contribution in [0.15, 0.2) is 0 Å². The number of hydrogen-bond donors (Lipinski definition) is 2. The summed E-state index contributed by atoms with van der Waals surface area (Å²) in [6.45, 7) is 7.96. The van der Waals surface area contributed by atoms with E-state index in [-0.39, 0.29) is 5.54 Å². The molecule has 0 unspecified atom stereocenters. The van der Waals surface area contributed by atoms with Crippen molar-refractivity contribution in [1.82, 2.24) is 0 Å². The fourth-order valence-corrected chi connectivity index (χ4v) is 2.09. The van der Waals surface area contributed by atoms with Crippen LogP contribution in [-0.4, -0.2) is 16.2 Å². The lowest BCUT2D eigenvalue weighted by molar-refractivity contribution is -0.0939. The first kappa shape index (κ1) is 9.01. The van der Waals surface area contributed by atoms with Gasteiger partial charge in [0.25, 0.3) is 0 Å². The summed E-state index contributed by atoms with van der Waals surface area (Å²) in [5, 5.41) is 9.70. The third kappa shape index (κ3) is 1.42. The summed E-state index contributed by atoms with van der Waals surface area (Å²) < 4.78 is 0. The van der Waals surface area contributed by atoms with E-state index in [0.29, 0.717) is 5.41 Å². The Labute approximate surface area is 68.8 Å². The Bertz CT molecular complexity index is 159. The highest BCUT2D eigenvalue weighted by Gasteiger charge is 2.54. The van der Waals surface area contributed by atoms with Gasteiger partial charge in [-0.1, -0.05) is 13.8 Å². The van der Waals surface area contributed by atoms with Crippen LogP contribution in [0.25, 0.3) is 0 Å². The summed E-state index contributed by atoms with van der Waals surface area (Å²) >= 11 is 0. The van der Waals surface area contributed by atoms with Gasteiger partial charge in [-0.2, -0.15) is 0 Å². The average molecular weight is 157 g/mol. The van der Waals surface area contributed by atoms with Crippen molar-refractivity contribution in [1.29, 1.82) is 0 Å². The fourth-order valence-electron chi connectivity index (χ4n) is 2.09. The molecule has 0 aliphatic heterocycles. The normalized spacial score (nSPS) is 27.8. The van der Waals surface area contributed by atoms with Gasteiger partial charge in [0, 0.05) is 5.54 Å². The van der Waals surface area contributed by atoms with Crippen molar-refractivity contribution < 1.29 is 5.11 Å². The Morgan fingerprint density at radius 2 is 1.64 bits per heavy atom. The molecule has 0 aromatic carbocycles. The van der Waals surface area contributed by atoms with Crippen molar-refractivity contribution in [3.8, 4) is 0 Å². The van der Waals surface area contributed by atoms with E-state index >= 15 is 0 Å². The van der Waals surface area contributed by atoms with Crippen LogP contribution < -0.4 is 5.73 Å². The highest BCUT2D eigenvalue weighted by molar-refractivity contribution is 5.11. The van der Waals surface area contributed by atoms with Crippen LogP contribution in [0.5, 0.6) is 0 Å². The molecule has 3 N–H and O–H groups in total. The molecule has 2 heteroatoms. The van der Waals surface area contributed by atoms with Gasteiger partial charge in [0.15, 0.2) is 0 Å². The van der Waals surface area contributed by atoms with Gasteiger partial charge in [-0.15, -0.1) is 0 Å². The molecule has 0 radical (unpaired) electrons. The third-order valence-corrected chi connectivity index (χ3v) is 2.81. The molecule has 0 bridgehead atoms. The molecule has 1 aliphatic carbocycles. The molecular formula is C9H19NO. The molecule has 0 aromatic rings. The van der Waals surface area contributed by atoms with Crippen molar-refractivity contribution in [3.63, 3.8) is 0 Å². The fraction of sp³-hybridized carbons (Fsp3) is 1.00. The number of nitrogens with two attached hydrogens (primary N) is 1. The predicted octanol–water partition coefficient (Wildman–Crippen LogP) is 1.27. The van der Waals surface area contributed by atoms with Crippen LogP contribution in [0, 0.1) is 5.41 Å². The Kier molecular flexibility index (Phi) is 1.63. The lowest BCUT2D eigenvalue weighted by Crippen LogP contribution is -2.67. The average Bonchev–Trinajstić information content (AvgIpc) is 1.55. The van der Waals surface area contributed by atoms with Crippen LogP contribution in [0.1, 0.15) is 40.5 Å². The van der Waals surface area contributed by atoms with Crippen molar-refractivity contribution >= 4 is 0 Å². The molecule has 11 heavy (non-hydrogen) atoms. The Morgan fingerprint density at radius 3 is 1.73 bits per heavy atom. The Hall–Kier alpha value is -0.0800. The zero-order chi connectivity index (χ0) is 8.91. The topological polar surface area (TPSA) is 46.2 Å². The van der Waals surface area contributed by atoms with Crippen LogP contribution in [0.4, 0.5) is 0 Å². The summed E-state index contributed by atoms with van der Waals surface area (Å²) in [5.41, 5.74) is 5.25. The minimum absolute atomic E-state index is 0.328. The Morgan fingerprint density at radius 1 is 1.27 bits per heavy atom. The van der Waals surface area contributed by atoms with Gasteiger partial charge in [-0.3, -0.25) is 0 Å². The van der Waals surface area contributed by atoms with E-state index in [1.807, 2.05) is 0 Å². The zero-order valence-electron chi connectivity index (χ0n) is 7.94. The van der Waals surface area contributed by atoms with E-state index in [1.165, 1.54) is 0 Å². The highest BCUT2D eigenvalue weighted by atomic mass is 16.3. The zero-order valence-corrected chi connectivity index (χ0v) is 7.94. The molecule has 1 saturated carbocycles. The second-order valence-corrected chi connectivity index (χ2v) is 5.23. The first-order valence-corrected chi connectivity index (χ1v) is 4.18. The van der Waals surface area contributed by atoms with Gasteiger partial charge in [0.2, 0.25) is 0 Å². The van der Waals surface area contributed by atoms with E-state index in [2.05, 4.69) is 13.8 Å². The molecule has 0 heterocycles. The molecule has 0 amide bonds. The summed E-state index contributed by atoms with van der Waals surface area (Å²) in [5.74, 6) is 0. The smallest absolute Gasteiger partial charge is 0.0770 e. The van der Waals surface area contributed by atoms with Crippen LogP contribution in [0.2, 0.25) is 0 Å². The largest absolute Gasteiger partial charge is 0.389 e. The molecule has 0 aromatic heterocycles. The molecule has 0 atom stereocenters. The number of rotatable bonds is 1. The predicted molar refractivity (Wildman–Crippen MR) is 46.2 cm³/mol. The summed E-state index contributed by atoms with van der Waals surface area (Å²) in [6.07, 6.45) is 1.84. The maximum atomic E-state index is 9.70. The lowest BCUT2D eigenvalue weighted by atomic mass is 9.54. The van der Waals surface area contributed by atoms with E-state index in [9.17, 15) is 5.11 Å². The second kappa shape index (κ2) is 1.99. The van der Waals surface area contributed by atoms with Crippen LogP contribution in [0.3, 0.4) is 0 Å². The SMILES string of the molecule is CC1(C)CC(N)(C(C)(C)O)C1. The van der Waals surface area contributed by atoms with Crippen LogP contribution >= 0.6 is 0 Å². The van der Waals surface area contributed by atoms with E-state index in [4.69, 9.17) is 5.73 Å². The second-order valence-electron chi connectivity index (χ2n) is 5.23. The van der Waals surface area contributed by atoms with Gasteiger partial charge < -0.3 is 10.8 Å². The standard InChI is InChI=1S/C9H19NO/c1-7(2)5-9(10,6-7)8(3,4)11/h11H,5-6,10H2,1-4H3. The minimum Gasteiger partial charge on any atom is -0.389 e. The van der Waals surface area contributed by atoms with Crippen molar-refractivity contribution in [2.75, 3.05) is 0 Å². The summed E-state index contributed by atoms with van der Waals surface area (Å²) in [7, 11) is 0. The van der Waals surface area contributed by atoms with Gasteiger partial charge in [0.1, 0.15) is 0 Å². The molecule has 1 rings (SSSR count). The van der Waals surface area contributed by atoms with E-state index in [1.54, 1.807) is 13.8 Å². The van der Waals surface area contributed by atoms with Gasteiger partial charge in [-0.05, 0) is 32.1 Å². The van der Waals surface area contributed by atoms with E-state index < -0.39 is 5.60 Å². The van der Waals surface area contributed by atoms with Crippen LogP contribution in [-0.2, 0) is 0 Å². The molecule has 2 nitrogen and oxygen atoms in total. The maximum Gasteiger partial charge on any atom is 0.0770 e. The molecule has 66 valence electrons.